The number of benzene rings is 2. The highest BCUT2D eigenvalue weighted by atomic mass is 32.2. The van der Waals surface area contributed by atoms with E-state index in [2.05, 4.69) is 5.32 Å². The Kier molecular flexibility index (Phi) is 5.58. The number of amides is 1. The van der Waals surface area contributed by atoms with Crippen molar-refractivity contribution in [2.24, 2.45) is 0 Å². The van der Waals surface area contributed by atoms with Crippen LogP contribution in [0, 0.1) is 0 Å². The molecule has 0 bridgehead atoms. The summed E-state index contributed by atoms with van der Waals surface area (Å²) in [6, 6.07) is 13.6. The van der Waals surface area contributed by atoms with Crippen LogP contribution >= 0.6 is 0 Å². The third-order valence-electron chi connectivity index (χ3n) is 3.59. The first-order valence-corrected chi connectivity index (χ1v) is 8.74. The molecule has 2 aromatic carbocycles. The van der Waals surface area contributed by atoms with Gasteiger partial charge in [-0.15, -0.1) is 0 Å². The second-order valence-corrected chi connectivity index (χ2v) is 7.20. The number of sulfonamides is 1. The summed E-state index contributed by atoms with van der Waals surface area (Å²) in [6.45, 7) is 0.219. The molecule has 128 valence electrons. The van der Waals surface area contributed by atoms with E-state index in [1.807, 2.05) is 30.3 Å². The Morgan fingerprint density at radius 1 is 1.17 bits per heavy atom. The molecular weight excluding hydrogens is 328 g/mol. The molecule has 0 saturated heterocycles. The fraction of sp³-hybridized carbons (Fsp3) is 0.235. The molecule has 0 aliphatic carbocycles. The van der Waals surface area contributed by atoms with E-state index < -0.39 is 10.0 Å². The van der Waals surface area contributed by atoms with Gasteiger partial charge in [0.05, 0.1) is 7.11 Å². The zero-order valence-corrected chi connectivity index (χ0v) is 14.6. The Balaban J connectivity index is 2.41. The van der Waals surface area contributed by atoms with E-state index in [-0.39, 0.29) is 28.7 Å². The molecule has 6 nitrogen and oxygen atoms in total. The monoisotopic (exact) mass is 348 g/mol. The predicted molar refractivity (Wildman–Crippen MR) is 91.5 cm³/mol. The summed E-state index contributed by atoms with van der Waals surface area (Å²) < 4.78 is 32.2. The van der Waals surface area contributed by atoms with Gasteiger partial charge in [-0.05, 0) is 23.8 Å². The van der Waals surface area contributed by atoms with E-state index in [1.165, 1.54) is 43.7 Å². The molecule has 0 aliphatic heterocycles. The normalized spacial score (nSPS) is 11.3. The fourth-order valence-electron chi connectivity index (χ4n) is 2.26. The van der Waals surface area contributed by atoms with E-state index in [0.29, 0.717) is 0 Å². The SMILES string of the molecule is CNC(=O)c1ccc(OC)c(S(=O)(=O)N(C)Cc2ccccc2)c1. The van der Waals surface area contributed by atoms with Crippen molar-refractivity contribution in [3.63, 3.8) is 0 Å². The minimum Gasteiger partial charge on any atom is -0.495 e. The van der Waals surface area contributed by atoms with Gasteiger partial charge in [0.25, 0.3) is 5.91 Å². The third-order valence-corrected chi connectivity index (χ3v) is 5.41. The van der Waals surface area contributed by atoms with E-state index in [0.717, 1.165) is 5.56 Å². The molecule has 1 N–H and O–H groups in total. The summed E-state index contributed by atoms with van der Waals surface area (Å²) in [4.78, 5) is 11.8. The predicted octanol–water partition coefficient (Wildman–Crippen LogP) is 1.88. The van der Waals surface area contributed by atoms with Crippen LogP contribution in [-0.4, -0.2) is 39.8 Å². The number of hydrogen-bond acceptors (Lipinski definition) is 4. The van der Waals surface area contributed by atoms with Crippen molar-refractivity contribution >= 4 is 15.9 Å². The van der Waals surface area contributed by atoms with Crippen molar-refractivity contribution in [3.05, 3.63) is 59.7 Å². The van der Waals surface area contributed by atoms with Gasteiger partial charge in [-0.2, -0.15) is 4.31 Å². The molecule has 0 unspecified atom stereocenters. The van der Waals surface area contributed by atoms with Crippen LogP contribution in [-0.2, 0) is 16.6 Å². The summed E-state index contributed by atoms with van der Waals surface area (Å²) >= 11 is 0. The number of nitrogens with zero attached hydrogens (tertiary/aromatic N) is 1. The van der Waals surface area contributed by atoms with Gasteiger partial charge in [0.2, 0.25) is 10.0 Å². The maximum Gasteiger partial charge on any atom is 0.251 e. The lowest BCUT2D eigenvalue weighted by atomic mass is 10.2. The summed E-state index contributed by atoms with van der Waals surface area (Å²) in [5, 5.41) is 2.48. The fourth-order valence-corrected chi connectivity index (χ4v) is 3.59. The summed E-state index contributed by atoms with van der Waals surface area (Å²) in [7, 11) is 0.561. The first-order valence-electron chi connectivity index (χ1n) is 7.30. The molecule has 2 aromatic rings. The average Bonchev–Trinajstić information content (AvgIpc) is 2.61. The quantitative estimate of drug-likeness (QED) is 0.865. The topological polar surface area (TPSA) is 75.7 Å². The first kappa shape index (κ1) is 18.0. The van der Waals surface area contributed by atoms with Crippen molar-refractivity contribution in [1.29, 1.82) is 0 Å². The van der Waals surface area contributed by atoms with Crippen molar-refractivity contribution in [2.75, 3.05) is 21.2 Å². The first-order chi connectivity index (χ1) is 11.4. The molecule has 0 saturated carbocycles. The van der Waals surface area contributed by atoms with Gasteiger partial charge >= 0.3 is 0 Å². The standard InChI is InChI=1S/C17H20N2O4S/c1-18-17(20)14-9-10-15(23-3)16(11-14)24(21,22)19(2)12-13-7-5-4-6-8-13/h4-11H,12H2,1-3H3,(H,18,20). The number of nitrogens with one attached hydrogen (secondary N) is 1. The molecule has 2 rings (SSSR count). The molecule has 0 fully saturated rings. The highest BCUT2D eigenvalue weighted by Gasteiger charge is 2.26. The zero-order chi connectivity index (χ0) is 17.7. The lowest BCUT2D eigenvalue weighted by Crippen LogP contribution is -2.27. The van der Waals surface area contributed by atoms with Crippen LogP contribution < -0.4 is 10.1 Å². The molecule has 7 heteroatoms. The van der Waals surface area contributed by atoms with Gasteiger partial charge in [0, 0.05) is 26.2 Å². The second-order valence-electron chi connectivity index (χ2n) is 5.19. The molecule has 1 amide bonds. The highest BCUT2D eigenvalue weighted by Crippen LogP contribution is 2.28. The van der Waals surface area contributed by atoms with E-state index in [1.54, 1.807) is 0 Å². The number of carbonyl (C=O) groups excluding carboxylic acids is 1. The highest BCUT2D eigenvalue weighted by molar-refractivity contribution is 7.89. The van der Waals surface area contributed by atoms with Gasteiger partial charge in [0.1, 0.15) is 10.6 Å². The minimum atomic E-state index is -3.82. The second kappa shape index (κ2) is 7.46. The smallest absolute Gasteiger partial charge is 0.251 e. The Labute approximate surface area is 142 Å². The number of hydrogen-bond donors (Lipinski definition) is 1. The van der Waals surface area contributed by atoms with Crippen LogP contribution in [0.1, 0.15) is 15.9 Å². The van der Waals surface area contributed by atoms with Gasteiger partial charge < -0.3 is 10.1 Å². The molecule has 24 heavy (non-hydrogen) atoms. The van der Waals surface area contributed by atoms with Crippen molar-refractivity contribution in [1.82, 2.24) is 9.62 Å². The summed E-state index contributed by atoms with van der Waals surface area (Å²) in [5.74, 6) is -0.164. The Hall–Kier alpha value is -2.38. The average molecular weight is 348 g/mol. The van der Waals surface area contributed by atoms with E-state index in [4.69, 9.17) is 4.74 Å². The molecular formula is C17H20N2O4S. The van der Waals surface area contributed by atoms with Gasteiger partial charge in [0.15, 0.2) is 0 Å². The molecule has 0 radical (unpaired) electrons. The minimum absolute atomic E-state index is 0.0375. The summed E-state index contributed by atoms with van der Waals surface area (Å²) in [5.41, 5.74) is 1.12. The van der Waals surface area contributed by atoms with Crippen LogP contribution in [0.5, 0.6) is 5.75 Å². The van der Waals surface area contributed by atoms with Gasteiger partial charge in [-0.25, -0.2) is 8.42 Å². The molecule has 0 spiro atoms. The Morgan fingerprint density at radius 2 is 1.83 bits per heavy atom. The van der Waals surface area contributed by atoms with Crippen LogP contribution in [0.15, 0.2) is 53.4 Å². The lowest BCUT2D eigenvalue weighted by molar-refractivity contribution is 0.0963. The number of carbonyl (C=O) groups is 1. The van der Waals surface area contributed by atoms with E-state index >= 15 is 0 Å². The van der Waals surface area contributed by atoms with Gasteiger partial charge in [-0.3, -0.25) is 4.79 Å². The Bertz CT molecular complexity index is 820. The number of ether oxygens (including phenoxy) is 1. The van der Waals surface area contributed by atoms with Crippen LogP contribution in [0.4, 0.5) is 0 Å². The summed E-state index contributed by atoms with van der Waals surface area (Å²) in [6.07, 6.45) is 0. The maximum absolute atomic E-state index is 12.9. The van der Waals surface area contributed by atoms with Crippen LogP contribution in [0.2, 0.25) is 0 Å². The molecule has 0 aliphatic rings. The van der Waals surface area contributed by atoms with Gasteiger partial charge in [-0.1, -0.05) is 30.3 Å². The Morgan fingerprint density at radius 3 is 2.42 bits per heavy atom. The van der Waals surface area contributed by atoms with Crippen molar-refractivity contribution < 1.29 is 17.9 Å². The lowest BCUT2D eigenvalue weighted by Gasteiger charge is -2.19. The van der Waals surface area contributed by atoms with Crippen molar-refractivity contribution in [3.8, 4) is 5.75 Å². The van der Waals surface area contributed by atoms with Crippen LogP contribution in [0.25, 0.3) is 0 Å². The maximum atomic E-state index is 12.9. The van der Waals surface area contributed by atoms with Crippen LogP contribution in [0.3, 0.4) is 0 Å². The molecule has 0 aromatic heterocycles. The molecule has 0 heterocycles. The number of methoxy groups -OCH3 is 1. The van der Waals surface area contributed by atoms with E-state index in [9.17, 15) is 13.2 Å². The third kappa shape index (κ3) is 3.74. The number of rotatable bonds is 6. The van der Waals surface area contributed by atoms with Crippen molar-refractivity contribution in [2.45, 2.75) is 11.4 Å². The largest absolute Gasteiger partial charge is 0.495 e. The zero-order valence-electron chi connectivity index (χ0n) is 13.8. The molecule has 0 atom stereocenters.